The molecule has 0 spiro atoms. The molecular weight excluding hydrogens is 615 g/mol. The van der Waals surface area contributed by atoms with E-state index in [4.69, 9.17) is 13.9 Å². The Kier molecular flexibility index (Phi) is 7.66. The van der Waals surface area contributed by atoms with E-state index >= 15 is 0 Å². The summed E-state index contributed by atoms with van der Waals surface area (Å²) >= 11 is 3.52. The van der Waals surface area contributed by atoms with E-state index in [0.29, 0.717) is 44.5 Å². The third kappa shape index (κ3) is 5.12. The first-order valence-corrected chi connectivity index (χ1v) is 14.1. The molecular formula is C29H25IN2O5S. The summed E-state index contributed by atoms with van der Waals surface area (Å²) in [5, 5.41) is 0. The Morgan fingerprint density at radius 1 is 1.08 bits per heavy atom. The molecule has 3 heterocycles. The van der Waals surface area contributed by atoms with Gasteiger partial charge in [-0.2, -0.15) is 0 Å². The highest BCUT2D eigenvalue weighted by atomic mass is 127. The van der Waals surface area contributed by atoms with Crippen LogP contribution in [0.2, 0.25) is 0 Å². The van der Waals surface area contributed by atoms with E-state index in [1.54, 1.807) is 24.5 Å². The van der Waals surface area contributed by atoms with Crippen molar-refractivity contribution >= 4 is 46.0 Å². The molecule has 1 aliphatic heterocycles. The second-order valence-corrected chi connectivity index (χ2v) is 10.8. The second-order valence-electron chi connectivity index (χ2n) is 8.51. The van der Waals surface area contributed by atoms with Crippen LogP contribution in [0.3, 0.4) is 0 Å². The summed E-state index contributed by atoms with van der Waals surface area (Å²) in [6.07, 6.45) is 1.72. The third-order valence-electron chi connectivity index (χ3n) is 6.05. The zero-order valence-electron chi connectivity index (χ0n) is 21.1. The van der Waals surface area contributed by atoms with Crippen molar-refractivity contribution in [2.24, 2.45) is 4.99 Å². The SMILES string of the molecule is CCOC(=O)C1=C(C)N=c2s/c(=C\c3ccc(-c4ccc(I)cc4)o3)c(=O)n2[C@@H]1c1ccc(OCC)cc1. The average molecular weight is 640 g/mol. The van der Waals surface area contributed by atoms with Gasteiger partial charge in [0.25, 0.3) is 5.56 Å². The number of esters is 1. The van der Waals surface area contributed by atoms with Crippen molar-refractivity contribution < 1.29 is 18.7 Å². The molecule has 2 aromatic heterocycles. The molecule has 1 aliphatic rings. The predicted octanol–water partition coefficient (Wildman–Crippen LogP) is 5.06. The number of hydrogen-bond acceptors (Lipinski definition) is 7. The maximum absolute atomic E-state index is 13.8. The fraction of sp³-hybridized carbons (Fsp3) is 0.207. The van der Waals surface area contributed by atoms with Gasteiger partial charge in [0.1, 0.15) is 17.3 Å². The van der Waals surface area contributed by atoms with Crippen molar-refractivity contribution in [2.45, 2.75) is 26.8 Å². The zero-order valence-corrected chi connectivity index (χ0v) is 24.0. The maximum atomic E-state index is 13.8. The smallest absolute Gasteiger partial charge is 0.338 e. The van der Waals surface area contributed by atoms with Gasteiger partial charge in [0.2, 0.25) is 0 Å². The molecule has 0 N–H and O–H groups in total. The second kappa shape index (κ2) is 11.1. The molecule has 0 fully saturated rings. The van der Waals surface area contributed by atoms with Gasteiger partial charge in [-0.25, -0.2) is 9.79 Å². The van der Waals surface area contributed by atoms with E-state index < -0.39 is 12.0 Å². The van der Waals surface area contributed by atoms with Gasteiger partial charge in [0.15, 0.2) is 4.80 Å². The number of thiazole rings is 1. The number of carbonyl (C=O) groups is 1. The van der Waals surface area contributed by atoms with E-state index in [0.717, 1.165) is 14.7 Å². The lowest BCUT2D eigenvalue weighted by atomic mass is 9.96. The number of carbonyl (C=O) groups excluding carboxylic acids is 1. The van der Waals surface area contributed by atoms with E-state index in [-0.39, 0.29) is 12.2 Å². The Balaban J connectivity index is 1.61. The van der Waals surface area contributed by atoms with E-state index in [9.17, 15) is 9.59 Å². The summed E-state index contributed by atoms with van der Waals surface area (Å²) in [4.78, 5) is 31.9. The number of furan rings is 1. The van der Waals surface area contributed by atoms with Crippen LogP contribution in [0.25, 0.3) is 17.4 Å². The van der Waals surface area contributed by atoms with E-state index in [1.807, 2.05) is 67.6 Å². The van der Waals surface area contributed by atoms with Gasteiger partial charge in [0, 0.05) is 15.2 Å². The highest BCUT2D eigenvalue weighted by Gasteiger charge is 2.33. The van der Waals surface area contributed by atoms with Crippen LogP contribution in [0.5, 0.6) is 5.75 Å². The number of benzene rings is 2. The maximum Gasteiger partial charge on any atom is 0.338 e. The van der Waals surface area contributed by atoms with Crippen LogP contribution < -0.4 is 19.6 Å². The van der Waals surface area contributed by atoms with Crippen molar-refractivity contribution in [1.29, 1.82) is 0 Å². The van der Waals surface area contributed by atoms with Gasteiger partial charge in [-0.05, 0) is 85.3 Å². The Bertz CT molecular complexity index is 1700. The first kappa shape index (κ1) is 26.2. The van der Waals surface area contributed by atoms with Crippen LogP contribution in [0.1, 0.15) is 38.1 Å². The standard InChI is InChI=1S/C29H25IN2O5S/c1-4-35-21-12-8-19(9-13-21)26-25(28(34)36-5-2)17(3)31-29-32(26)27(33)24(38-29)16-22-14-15-23(37-22)18-6-10-20(30)11-7-18/h6-16,26H,4-5H2,1-3H3/b24-16-/t26-/m1/s1. The quantitative estimate of drug-likeness (QED) is 0.209. The lowest BCUT2D eigenvalue weighted by Crippen LogP contribution is -2.39. The van der Waals surface area contributed by atoms with E-state index in [1.165, 1.54) is 11.3 Å². The molecule has 0 aliphatic carbocycles. The highest BCUT2D eigenvalue weighted by Crippen LogP contribution is 2.31. The number of ether oxygens (including phenoxy) is 2. The molecule has 0 unspecified atom stereocenters. The van der Waals surface area contributed by atoms with Crippen LogP contribution in [-0.2, 0) is 9.53 Å². The Morgan fingerprint density at radius 3 is 2.50 bits per heavy atom. The van der Waals surface area contributed by atoms with Crippen LogP contribution in [0, 0.1) is 3.57 Å². The summed E-state index contributed by atoms with van der Waals surface area (Å²) in [6.45, 7) is 6.20. The Morgan fingerprint density at radius 2 is 1.82 bits per heavy atom. The highest BCUT2D eigenvalue weighted by molar-refractivity contribution is 14.1. The minimum absolute atomic E-state index is 0.220. The molecule has 1 atom stereocenters. The molecule has 194 valence electrons. The first-order chi connectivity index (χ1) is 18.4. The van der Waals surface area contributed by atoms with Crippen molar-refractivity contribution in [3.8, 4) is 17.1 Å². The van der Waals surface area contributed by atoms with Gasteiger partial charge < -0.3 is 13.9 Å². The fourth-order valence-electron chi connectivity index (χ4n) is 4.35. The topological polar surface area (TPSA) is 83.0 Å². The monoisotopic (exact) mass is 640 g/mol. The fourth-order valence-corrected chi connectivity index (χ4v) is 5.74. The van der Waals surface area contributed by atoms with Gasteiger partial charge in [0.05, 0.1) is 35.1 Å². The van der Waals surface area contributed by atoms with Crippen molar-refractivity contribution in [1.82, 2.24) is 4.57 Å². The normalized spacial score (nSPS) is 15.3. The number of nitrogens with zero attached hydrogens (tertiary/aromatic N) is 2. The van der Waals surface area contributed by atoms with Crippen molar-refractivity contribution in [3.63, 3.8) is 0 Å². The van der Waals surface area contributed by atoms with Gasteiger partial charge in [-0.3, -0.25) is 9.36 Å². The molecule has 2 aromatic carbocycles. The number of aromatic nitrogens is 1. The Hall–Kier alpha value is -3.44. The number of hydrogen-bond donors (Lipinski definition) is 0. The van der Waals surface area contributed by atoms with Crippen molar-refractivity contribution in [2.75, 3.05) is 13.2 Å². The minimum atomic E-state index is -0.679. The summed E-state index contributed by atoms with van der Waals surface area (Å²) in [5.74, 6) is 1.50. The molecule has 4 aromatic rings. The summed E-state index contributed by atoms with van der Waals surface area (Å²) < 4.78 is 20.1. The van der Waals surface area contributed by atoms with Crippen LogP contribution in [0.4, 0.5) is 0 Å². The first-order valence-electron chi connectivity index (χ1n) is 12.2. The average Bonchev–Trinajstić information content (AvgIpc) is 3.49. The Labute approximate surface area is 236 Å². The summed E-state index contributed by atoms with van der Waals surface area (Å²) in [5.41, 5.74) is 2.33. The van der Waals surface area contributed by atoms with Gasteiger partial charge in [-0.1, -0.05) is 35.6 Å². The lowest BCUT2D eigenvalue weighted by Gasteiger charge is -2.24. The molecule has 38 heavy (non-hydrogen) atoms. The number of allylic oxidation sites excluding steroid dienone is 1. The molecule has 0 saturated carbocycles. The van der Waals surface area contributed by atoms with Crippen LogP contribution in [-0.4, -0.2) is 23.8 Å². The molecule has 9 heteroatoms. The van der Waals surface area contributed by atoms with Crippen LogP contribution in [0.15, 0.2) is 86.1 Å². The lowest BCUT2D eigenvalue weighted by molar-refractivity contribution is -0.139. The number of rotatable bonds is 7. The van der Waals surface area contributed by atoms with E-state index in [2.05, 4.69) is 27.6 Å². The number of halogens is 1. The molecule has 7 nitrogen and oxygen atoms in total. The molecule has 0 saturated heterocycles. The largest absolute Gasteiger partial charge is 0.494 e. The molecule has 0 amide bonds. The minimum Gasteiger partial charge on any atom is -0.494 e. The van der Waals surface area contributed by atoms with Crippen molar-refractivity contribution in [3.05, 3.63) is 107 Å². The van der Waals surface area contributed by atoms with Crippen LogP contribution >= 0.6 is 33.9 Å². The van der Waals surface area contributed by atoms with Gasteiger partial charge in [-0.15, -0.1) is 0 Å². The molecule has 0 bridgehead atoms. The predicted molar refractivity (Wildman–Crippen MR) is 155 cm³/mol. The van der Waals surface area contributed by atoms with Gasteiger partial charge >= 0.3 is 5.97 Å². The third-order valence-corrected chi connectivity index (χ3v) is 7.75. The summed E-state index contributed by atoms with van der Waals surface area (Å²) in [6, 6.07) is 18.5. The molecule has 5 rings (SSSR count). The summed E-state index contributed by atoms with van der Waals surface area (Å²) in [7, 11) is 0. The number of fused-ring (bicyclic) bond motifs is 1. The zero-order chi connectivity index (χ0) is 26.8. The molecule has 0 radical (unpaired) electrons.